The number of rotatable bonds is 2. The molecule has 1 heterocycles. The van der Waals surface area contributed by atoms with Crippen LogP contribution in [0.5, 0.6) is 0 Å². The molecule has 0 saturated carbocycles. The number of carbonyl (C=O) groups excluding carboxylic acids is 1. The Kier molecular flexibility index (Phi) is 3.96. The molecule has 0 atom stereocenters. The van der Waals surface area contributed by atoms with Crippen molar-refractivity contribution in [1.82, 2.24) is 10.3 Å². The van der Waals surface area contributed by atoms with Crippen LogP contribution in [0.4, 0.5) is 0 Å². The van der Waals surface area contributed by atoms with Crippen LogP contribution in [0.2, 0.25) is 5.15 Å². The van der Waals surface area contributed by atoms with E-state index in [1.54, 1.807) is 13.0 Å². The maximum absolute atomic E-state index is 11.4. The first kappa shape index (κ1) is 10.6. The molecule has 1 aromatic heterocycles. The van der Waals surface area contributed by atoms with Gasteiger partial charge in [0.15, 0.2) is 0 Å². The summed E-state index contributed by atoms with van der Waals surface area (Å²) in [4.78, 5) is 15.2. The largest absolute Gasteiger partial charge is 0.341 e. The van der Waals surface area contributed by atoms with Crippen molar-refractivity contribution in [3.63, 3.8) is 0 Å². The molecule has 0 aliphatic carbocycles. The summed E-state index contributed by atoms with van der Waals surface area (Å²) in [6.45, 7) is 2.06. The Morgan fingerprint density at radius 3 is 3.14 bits per heavy atom. The van der Waals surface area contributed by atoms with E-state index in [1.807, 2.05) is 0 Å². The van der Waals surface area contributed by atoms with Crippen molar-refractivity contribution in [1.29, 1.82) is 0 Å². The molecule has 0 spiro atoms. The number of hydrogen-bond donors (Lipinski definition) is 1. The first-order chi connectivity index (χ1) is 6.74. The van der Waals surface area contributed by atoms with E-state index in [1.165, 1.54) is 12.3 Å². The lowest BCUT2D eigenvalue weighted by Gasteiger charge is -2.00. The summed E-state index contributed by atoms with van der Waals surface area (Å²) < 4.78 is 0. The summed E-state index contributed by atoms with van der Waals surface area (Å²) in [6.07, 6.45) is 1.49. The quantitative estimate of drug-likeness (QED) is 0.591. The molecule has 0 fully saturated rings. The van der Waals surface area contributed by atoms with Gasteiger partial charge in [-0.2, -0.15) is 0 Å². The van der Waals surface area contributed by atoms with Crippen molar-refractivity contribution >= 4 is 17.5 Å². The first-order valence-corrected chi connectivity index (χ1v) is 4.41. The highest BCUT2D eigenvalue weighted by atomic mass is 35.5. The van der Waals surface area contributed by atoms with Crippen LogP contribution >= 0.6 is 11.6 Å². The van der Waals surface area contributed by atoms with Crippen molar-refractivity contribution in [3.05, 3.63) is 29.0 Å². The van der Waals surface area contributed by atoms with Gasteiger partial charge in [-0.15, -0.1) is 5.92 Å². The Hall–Kier alpha value is -1.53. The second-order valence-electron chi connectivity index (χ2n) is 2.48. The molecule has 14 heavy (non-hydrogen) atoms. The van der Waals surface area contributed by atoms with E-state index in [0.717, 1.165) is 0 Å². The van der Waals surface area contributed by atoms with Gasteiger partial charge < -0.3 is 5.32 Å². The van der Waals surface area contributed by atoms with Gasteiger partial charge in [-0.05, 0) is 19.1 Å². The monoisotopic (exact) mass is 208 g/mol. The third-order valence-electron chi connectivity index (χ3n) is 1.50. The fourth-order valence-electron chi connectivity index (χ4n) is 0.859. The van der Waals surface area contributed by atoms with Gasteiger partial charge in [-0.1, -0.05) is 17.5 Å². The molecule has 0 aliphatic rings. The minimum atomic E-state index is -0.197. The van der Waals surface area contributed by atoms with Crippen molar-refractivity contribution < 1.29 is 4.79 Å². The average molecular weight is 209 g/mol. The molecule has 0 saturated heterocycles. The van der Waals surface area contributed by atoms with Gasteiger partial charge in [-0.3, -0.25) is 4.79 Å². The number of nitrogens with one attached hydrogen (secondary N) is 1. The second kappa shape index (κ2) is 5.25. The molecule has 0 radical (unpaired) electrons. The van der Waals surface area contributed by atoms with Gasteiger partial charge >= 0.3 is 0 Å². The second-order valence-corrected chi connectivity index (χ2v) is 2.86. The predicted molar refractivity (Wildman–Crippen MR) is 55.0 cm³/mol. The Labute approximate surface area is 87.5 Å². The van der Waals surface area contributed by atoms with E-state index in [4.69, 9.17) is 11.6 Å². The van der Waals surface area contributed by atoms with Gasteiger partial charge in [0, 0.05) is 11.8 Å². The van der Waals surface area contributed by atoms with Crippen LogP contribution in [0.1, 0.15) is 17.3 Å². The van der Waals surface area contributed by atoms with Crippen molar-refractivity contribution in [2.75, 3.05) is 6.54 Å². The number of pyridine rings is 1. The fraction of sp³-hybridized carbons (Fsp3) is 0.200. The highest BCUT2D eigenvalue weighted by Crippen LogP contribution is 2.06. The maximum atomic E-state index is 11.4. The molecule has 0 unspecified atom stereocenters. The van der Waals surface area contributed by atoms with Gasteiger partial charge in [0.1, 0.15) is 5.15 Å². The zero-order chi connectivity index (χ0) is 10.4. The Morgan fingerprint density at radius 1 is 1.71 bits per heavy atom. The van der Waals surface area contributed by atoms with Crippen LogP contribution < -0.4 is 5.32 Å². The third kappa shape index (κ3) is 3.08. The standard InChI is InChI=1S/C10H9ClN2O/c1-2-3-5-13-10(14)8-4-6-12-9(11)7-8/h4,6-7H,5H2,1H3,(H,13,14). The SMILES string of the molecule is CC#CCNC(=O)c1ccnc(Cl)c1. The molecule has 0 aromatic carbocycles. The van der Waals surface area contributed by atoms with Crippen LogP contribution in [0, 0.1) is 11.8 Å². The van der Waals surface area contributed by atoms with Gasteiger partial charge in [0.05, 0.1) is 6.54 Å². The number of nitrogens with zero attached hydrogens (tertiary/aromatic N) is 1. The lowest BCUT2D eigenvalue weighted by molar-refractivity contribution is 0.0958. The summed E-state index contributed by atoms with van der Waals surface area (Å²) in [5.41, 5.74) is 0.489. The Balaban J connectivity index is 2.63. The minimum absolute atomic E-state index is 0.197. The maximum Gasteiger partial charge on any atom is 0.252 e. The van der Waals surface area contributed by atoms with Gasteiger partial charge in [-0.25, -0.2) is 4.98 Å². The van der Waals surface area contributed by atoms with E-state index < -0.39 is 0 Å². The Bertz CT molecular complexity index is 393. The zero-order valence-corrected chi connectivity index (χ0v) is 8.43. The molecule has 3 nitrogen and oxygen atoms in total. The van der Waals surface area contributed by atoms with E-state index in [2.05, 4.69) is 22.1 Å². The van der Waals surface area contributed by atoms with E-state index in [-0.39, 0.29) is 5.91 Å². The van der Waals surface area contributed by atoms with Crippen molar-refractivity contribution in [3.8, 4) is 11.8 Å². The molecule has 1 N–H and O–H groups in total. The first-order valence-electron chi connectivity index (χ1n) is 4.03. The summed E-state index contributed by atoms with van der Waals surface area (Å²) in [6, 6.07) is 3.11. The van der Waals surface area contributed by atoms with Gasteiger partial charge in [0.25, 0.3) is 5.91 Å². The molecule has 1 aromatic rings. The summed E-state index contributed by atoms with van der Waals surface area (Å²) in [5.74, 6) is 5.22. The number of aromatic nitrogens is 1. The van der Waals surface area contributed by atoms with E-state index in [0.29, 0.717) is 17.3 Å². The Morgan fingerprint density at radius 2 is 2.50 bits per heavy atom. The third-order valence-corrected chi connectivity index (χ3v) is 1.71. The molecule has 0 bridgehead atoms. The summed E-state index contributed by atoms with van der Waals surface area (Å²) in [7, 11) is 0. The molecule has 0 aliphatic heterocycles. The lowest BCUT2D eigenvalue weighted by Crippen LogP contribution is -2.23. The smallest absolute Gasteiger partial charge is 0.252 e. The number of carbonyl (C=O) groups is 1. The van der Waals surface area contributed by atoms with Crippen LogP contribution in [0.25, 0.3) is 0 Å². The molecule has 1 amide bonds. The van der Waals surface area contributed by atoms with E-state index >= 15 is 0 Å². The molecular weight excluding hydrogens is 200 g/mol. The molecule has 1 rings (SSSR count). The minimum Gasteiger partial charge on any atom is -0.341 e. The molecule has 72 valence electrons. The lowest BCUT2D eigenvalue weighted by atomic mass is 10.2. The van der Waals surface area contributed by atoms with Crippen molar-refractivity contribution in [2.45, 2.75) is 6.92 Å². The normalized spacial score (nSPS) is 8.71. The van der Waals surface area contributed by atoms with Crippen molar-refractivity contribution in [2.24, 2.45) is 0 Å². The number of hydrogen-bond acceptors (Lipinski definition) is 2. The highest BCUT2D eigenvalue weighted by molar-refractivity contribution is 6.29. The van der Waals surface area contributed by atoms with Crippen LogP contribution in [0.15, 0.2) is 18.3 Å². The van der Waals surface area contributed by atoms with E-state index in [9.17, 15) is 4.79 Å². The van der Waals surface area contributed by atoms with Gasteiger partial charge in [0.2, 0.25) is 0 Å². The number of amides is 1. The zero-order valence-electron chi connectivity index (χ0n) is 7.67. The van der Waals surface area contributed by atoms with Crippen LogP contribution in [-0.2, 0) is 0 Å². The average Bonchev–Trinajstić information content (AvgIpc) is 2.18. The molecular formula is C10H9ClN2O. The fourth-order valence-corrected chi connectivity index (χ4v) is 1.03. The number of halogens is 1. The highest BCUT2D eigenvalue weighted by Gasteiger charge is 2.03. The topological polar surface area (TPSA) is 42.0 Å². The predicted octanol–water partition coefficient (Wildman–Crippen LogP) is 1.49. The molecule has 4 heteroatoms. The summed E-state index contributed by atoms with van der Waals surface area (Å²) in [5, 5.41) is 2.93. The summed E-state index contributed by atoms with van der Waals surface area (Å²) >= 11 is 5.63. The van der Waals surface area contributed by atoms with Crippen LogP contribution in [-0.4, -0.2) is 17.4 Å². The van der Waals surface area contributed by atoms with Crippen LogP contribution in [0.3, 0.4) is 0 Å².